The van der Waals surface area contributed by atoms with Crippen molar-refractivity contribution in [1.82, 2.24) is 5.32 Å². The normalized spacial score (nSPS) is 20.0. The number of phosphoric acid groups is 1. The Morgan fingerprint density at radius 1 is 0.603 bits per heavy atom. The van der Waals surface area contributed by atoms with E-state index in [1.165, 1.54) is 103 Å². The summed E-state index contributed by atoms with van der Waals surface area (Å²) in [6, 6.07) is -1.64. The second-order valence-corrected chi connectivity index (χ2v) is 19.2. The predicted molar refractivity (Wildman–Crippen MR) is 247 cm³/mol. The first-order valence-electron chi connectivity index (χ1n) is 25.4. The Morgan fingerprint density at radius 2 is 1.02 bits per heavy atom. The summed E-state index contributed by atoms with van der Waals surface area (Å²) in [5, 5.41) is 34.2. The zero-order valence-corrected chi connectivity index (χ0v) is 40.6. The number of hydrogen-bond acceptors (Lipinski definition) is 11. The quantitative estimate of drug-likeness (QED) is 0.0191. The average molecular weight is 922 g/mol. The topological polar surface area (TPSA) is 218 Å². The fraction of sp³-hybridized carbons (Fsp3) is 0.938. The van der Waals surface area contributed by atoms with Crippen LogP contribution in [-0.2, 0) is 37.7 Å². The van der Waals surface area contributed by atoms with Crippen LogP contribution in [0.25, 0.3) is 0 Å². The highest BCUT2D eigenvalue weighted by atomic mass is 31.2. The molecule has 1 aliphatic heterocycles. The molecular weight excluding hydrogens is 829 g/mol. The fourth-order valence-corrected chi connectivity index (χ4v) is 8.89. The molecule has 1 saturated heterocycles. The van der Waals surface area contributed by atoms with Crippen molar-refractivity contribution in [2.45, 2.75) is 282 Å². The van der Waals surface area contributed by atoms with Gasteiger partial charge in [0.05, 0.1) is 13.0 Å². The molecule has 7 atom stereocenters. The number of nitrogens with one attached hydrogen (secondary N) is 1. The van der Waals surface area contributed by atoms with Gasteiger partial charge in [-0.2, -0.15) is 0 Å². The number of aliphatic hydroxyl groups excluding tert-OH is 3. The number of phosphoric ester groups is 1. The van der Waals surface area contributed by atoms with Gasteiger partial charge >= 0.3 is 19.8 Å². The van der Waals surface area contributed by atoms with Gasteiger partial charge in [-0.1, -0.05) is 201 Å². The third-order valence-corrected chi connectivity index (χ3v) is 12.6. The Morgan fingerprint density at radius 3 is 1.44 bits per heavy atom. The van der Waals surface area contributed by atoms with Gasteiger partial charge in [-0.3, -0.25) is 18.9 Å². The molecule has 1 fully saturated rings. The van der Waals surface area contributed by atoms with Crippen molar-refractivity contribution in [3.8, 4) is 0 Å². The summed E-state index contributed by atoms with van der Waals surface area (Å²) in [6.45, 7) is 5.71. The van der Waals surface area contributed by atoms with Crippen LogP contribution < -0.4 is 5.32 Å². The molecule has 0 radical (unpaired) electrons. The zero-order chi connectivity index (χ0) is 46.6. The summed E-state index contributed by atoms with van der Waals surface area (Å²) in [6.07, 6.45) is 23.8. The van der Waals surface area contributed by atoms with Crippen molar-refractivity contribution >= 4 is 25.7 Å². The molecule has 3 unspecified atom stereocenters. The van der Waals surface area contributed by atoms with Gasteiger partial charge in [0.25, 0.3) is 0 Å². The monoisotopic (exact) mass is 922 g/mol. The molecule has 6 N–H and O–H groups in total. The van der Waals surface area contributed by atoms with Crippen LogP contribution in [-0.4, -0.2) is 92.4 Å². The highest BCUT2D eigenvalue weighted by Crippen LogP contribution is 2.42. The van der Waals surface area contributed by atoms with Crippen LogP contribution in [0.3, 0.4) is 0 Å². The Labute approximate surface area is 381 Å². The van der Waals surface area contributed by atoms with Crippen molar-refractivity contribution in [3.63, 3.8) is 0 Å². The number of aliphatic hydroxyl groups is 3. The minimum absolute atomic E-state index is 0.128. The molecule has 15 heteroatoms. The Bertz CT molecular complexity index is 1190. The highest BCUT2D eigenvalue weighted by Gasteiger charge is 2.51. The van der Waals surface area contributed by atoms with E-state index in [1.54, 1.807) is 0 Å². The molecule has 1 amide bonds. The first kappa shape index (κ1) is 59.4. The summed E-state index contributed by atoms with van der Waals surface area (Å²) >= 11 is 0. The van der Waals surface area contributed by atoms with Gasteiger partial charge in [0.2, 0.25) is 5.91 Å². The number of unbranched alkanes of at least 4 members (excludes halogenated alkanes) is 27. The van der Waals surface area contributed by atoms with Crippen molar-refractivity contribution in [2.24, 2.45) is 0 Å². The lowest BCUT2D eigenvalue weighted by molar-refractivity contribution is -0.256. The van der Waals surface area contributed by atoms with Gasteiger partial charge in [-0.05, 0) is 25.7 Å². The van der Waals surface area contributed by atoms with Crippen molar-refractivity contribution in [3.05, 3.63) is 0 Å². The first-order valence-corrected chi connectivity index (χ1v) is 26.9. The molecule has 0 saturated carbocycles. The van der Waals surface area contributed by atoms with Gasteiger partial charge < -0.3 is 44.6 Å². The minimum Gasteiger partial charge on any atom is -0.462 e. The number of carbonyl (C=O) groups excluding carboxylic acids is 3. The molecule has 63 heavy (non-hydrogen) atoms. The van der Waals surface area contributed by atoms with Crippen LogP contribution in [0.2, 0.25) is 0 Å². The van der Waals surface area contributed by atoms with E-state index in [0.29, 0.717) is 25.7 Å². The molecule has 0 aromatic heterocycles. The molecule has 1 heterocycles. The Balaban J connectivity index is 2.94. The molecule has 0 aliphatic carbocycles. The van der Waals surface area contributed by atoms with Crippen LogP contribution in [0.4, 0.5) is 0 Å². The van der Waals surface area contributed by atoms with Gasteiger partial charge in [-0.25, -0.2) is 4.57 Å². The molecule has 0 aromatic rings. The summed E-state index contributed by atoms with van der Waals surface area (Å²) in [4.78, 5) is 59.6. The van der Waals surface area contributed by atoms with Crippen LogP contribution in [0, 0.1) is 0 Å². The number of hydrogen-bond donors (Lipinski definition) is 6. The van der Waals surface area contributed by atoms with Gasteiger partial charge in [-0.15, -0.1) is 0 Å². The maximum atomic E-state index is 13.7. The minimum atomic E-state index is -5.30. The molecule has 372 valence electrons. The van der Waals surface area contributed by atoms with E-state index in [2.05, 4.69) is 26.1 Å². The van der Waals surface area contributed by atoms with Crippen LogP contribution in [0.5, 0.6) is 0 Å². The summed E-state index contributed by atoms with van der Waals surface area (Å²) < 4.78 is 34.0. The van der Waals surface area contributed by atoms with Crippen LogP contribution in [0.1, 0.15) is 239 Å². The molecule has 0 spiro atoms. The summed E-state index contributed by atoms with van der Waals surface area (Å²) in [7, 11) is -5.30. The summed E-state index contributed by atoms with van der Waals surface area (Å²) in [5.41, 5.74) is 0. The lowest BCUT2D eigenvalue weighted by Gasteiger charge is -2.44. The van der Waals surface area contributed by atoms with Crippen LogP contribution in [0.15, 0.2) is 0 Å². The van der Waals surface area contributed by atoms with E-state index in [-0.39, 0.29) is 12.8 Å². The SMILES string of the molecule is CCCCCCCCCCCCCC(=O)OC(CCCCCCCCCCC)CC(=O)O[C@H]1[C@H](OP(=O)(O)O)[C@@H](CO)OC(O)[C@@H]1NC(=O)C(O)CCCCCCCCCCCC. The molecular formula is C48H92NO13P. The number of amides is 1. The van der Waals surface area contributed by atoms with E-state index in [4.69, 9.17) is 18.7 Å². The second-order valence-electron chi connectivity index (χ2n) is 18.0. The lowest BCUT2D eigenvalue weighted by atomic mass is 9.96. The number of ether oxygens (including phenoxy) is 3. The average Bonchev–Trinajstić information content (AvgIpc) is 3.24. The number of esters is 2. The molecule has 14 nitrogen and oxygen atoms in total. The highest BCUT2D eigenvalue weighted by molar-refractivity contribution is 7.46. The number of carbonyl (C=O) groups is 3. The van der Waals surface area contributed by atoms with E-state index in [0.717, 1.165) is 70.6 Å². The van der Waals surface area contributed by atoms with Crippen molar-refractivity contribution in [1.29, 1.82) is 0 Å². The maximum Gasteiger partial charge on any atom is 0.470 e. The molecule has 1 rings (SSSR count). The van der Waals surface area contributed by atoms with Gasteiger partial charge in [0, 0.05) is 6.42 Å². The Kier molecular flexibility index (Phi) is 36.3. The smallest absolute Gasteiger partial charge is 0.462 e. The van der Waals surface area contributed by atoms with Gasteiger partial charge in [0.1, 0.15) is 30.5 Å². The van der Waals surface area contributed by atoms with E-state index in [9.17, 15) is 44.1 Å². The maximum absolute atomic E-state index is 13.7. The van der Waals surface area contributed by atoms with E-state index >= 15 is 0 Å². The second kappa shape index (κ2) is 38.5. The third kappa shape index (κ3) is 31.1. The fourth-order valence-electron chi connectivity index (χ4n) is 8.31. The Hall–Kier alpha value is -1.64. The predicted octanol–water partition coefficient (Wildman–Crippen LogP) is 10.2. The van der Waals surface area contributed by atoms with Crippen molar-refractivity contribution < 1.29 is 62.8 Å². The molecule has 0 bridgehead atoms. The van der Waals surface area contributed by atoms with E-state index < -0.39 is 81.5 Å². The lowest BCUT2D eigenvalue weighted by Crippen LogP contribution is -2.66. The largest absolute Gasteiger partial charge is 0.470 e. The van der Waals surface area contributed by atoms with E-state index in [1.807, 2.05) is 0 Å². The molecule has 1 aliphatic rings. The number of rotatable bonds is 42. The van der Waals surface area contributed by atoms with Gasteiger partial charge in [0.15, 0.2) is 12.4 Å². The van der Waals surface area contributed by atoms with Crippen LogP contribution >= 0.6 is 7.82 Å². The molecule has 0 aromatic carbocycles. The summed E-state index contributed by atoms with van der Waals surface area (Å²) in [5.74, 6) is -2.26. The first-order chi connectivity index (χ1) is 30.4. The standard InChI is InChI=1S/C48H92NO13P/c1-4-7-10-13-16-19-21-24-27-30-33-36-42(52)59-39(34-31-28-25-22-18-15-12-9-6-3)37-43(53)61-46-44(48(55)60-41(38-50)45(46)62-63(56,57)58)49-47(54)40(51)35-32-29-26-23-20-17-14-11-8-5-2/h39-41,44-46,48,50-51,55H,4-38H2,1-3H3,(H,49,54)(H2,56,57,58)/t39?,40?,41-,44-,45-,46-,48?/m1/s1. The van der Waals surface area contributed by atoms with Crippen molar-refractivity contribution in [2.75, 3.05) is 6.61 Å². The third-order valence-electron chi connectivity index (χ3n) is 12.1. The zero-order valence-electron chi connectivity index (χ0n) is 39.7.